The van der Waals surface area contributed by atoms with Crippen LogP contribution in [0.1, 0.15) is 36.8 Å². The van der Waals surface area contributed by atoms with Crippen LogP contribution < -0.4 is 5.32 Å². The Morgan fingerprint density at radius 1 is 1.03 bits per heavy atom. The number of hydrogen-bond donors (Lipinski definition) is 1. The van der Waals surface area contributed by atoms with Crippen molar-refractivity contribution in [3.8, 4) is 0 Å². The number of benzene rings is 1. The second kappa shape index (κ2) is 9.18. The van der Waals surface area contributed by atoms with Gasteiger partial charge >= 0.3 is 0 Å². The molecule has 1 unspecified atom stereocenters. The van der Waals surface area contributed by atoms with Gasteiger partial charge in [0.25, 0.3) is 0 Å². The van der Waals surface area contributed by atoms with Crippen molar-refractivity contribution >= 4 is 17.5 Å². The van der Waals surface area contributed by atoms with E-state index in [-0.39, 0.29) is 24.2 Å². The lowest BCUT2D eigenvalue weighted by atomic mass is 10.1. The van der Waals surface area contributed by atoms with Crippen LogP contribution in [0.2, 0.25) is 0 Å². The number of para-hydroxylation sites is 1. The van der Waals surface area contributed by atoms with Gasteiger partial charge < -0.3 is 10.2 Å². The summed E-state index contributed by atoms with van der Waals surface area (Å²) in [6, 6.07) is 11.8. The quantitative estimate of drug-likeness (QED) is 0.821. The fourth-order valence-electron chi connectivity index (χ4n) is 4.18. The normalized spacial score (nSPS) is 20.1. The van der Waals surface area contributed by atoms with Crippen molar-refractivity contribution in [2.45, 2.75) is 38.8 Å². The molecule has 0 aliphatic carbocycles. The highest BCUT2D eigenvalue weighted by molar-refractivity contribution is 5.97. The Labute approximate surface area is 171 Å². The number of aromatic nitrogens is 1. The van der Waals surface area contributed by atoms with Crippen molar-refractivity contribution in [1.82, 2.24) is 14.8 Å². The number of carbonyl (C=O) groups excluding carboxylic acids is 2. The maximum atomic E-state index is 12.9. The molecule has 2 aromatic rings. The molecule has 6 nitrogen and oxygen atoms in total. The topological polar surface area (TPSA) is 65.5 Å². The van der Waals surface area contributed by atoms with E-state index in [4.69, 9.17) is 0 Å². The van der Waals surface area contributed by atoms with E-state index in [1.165, 1.54) is 19.3 Å². The number of nitrogens with zero attached hydrogens (tertiary/aromatic N) is 3. The van der Waals surface area contributed by atoms with Gasteiger partial charge in [0, 0.05) is 44.1 Å². The van der Waals surface area contributed by atoms with E-state index in [2.05, 4.69) is 21.3 Å². The SMILES string of the molecule is O=C(Nc1ccccc1CN1CCCCC1)C1CC(=O)N(Cc2ccncc2)C1. The number of hydrogen-bond acceptors (Lipinski definition) is 4. The molecule has 2 fully saturated rings. The number of nitrogens with one attached hydrogen (secondary N) is 1. The lowest BCUT2D eigenvalue weighted by Crippen LogP contribution is -2.30. The maximum absolute atomic E-state index is 12.9. The molecule has 6 heteroatoms. The average Bonchev–Trinajstić information content (AvgIpc) is 3.11. The van der Waals surface area contributed by atoms with Crippen molar-refractivity contribution in [3.05, 3.63) is 59.9 Å². The van der Waals surface area contributed by atoms with Gasteiger partial charge in [-0.2, -0.15) is 0 Å². The van der Waals surface area contributed by atoms with E-state index in [0.717, 1.165) is 36.4 Å². The van der Waals surface area contributed by atoms with E-state index in [1.807, 2.05) is 30.3 Å². The van der Waals surface area contributed by atoms with Crippen LogP contribution in [0.4, 0.5) is 5.69 Å². The monoisotopic (exact) mass is 392 g/mol. The molecule has 2 aliphatic heterocycles. The summed E-state index contributed by atoms with van der Waals surface area (Å²) in [5, 5.41) is 3.09. The Balaban J connectivity index is 1.37. The lowest BCUT2D eigenvalue weighted by molar-refractivity contribution is -0.128. The number of likely N-dealkylation sites (tertiary alicyclic amines) is 2. The first-order valence-electron chi connectivity index (χ1n) is 10.5. The fourth-order valence-corrected chi connectivity index (χ4v) is 4.18. The second-order valence-electron chi connectivity index (χ2n) is 8.01. The Morgan fingerprint density at radius 2 is 1.79 bits per heavy atom. The summed E-state index contributed by atoms with van der Waals surface area (Å²) in [4.78, 5) is 33.5. The van der Waals surface area contributed by atoms with Gasteiger partial charge in [-0.15, -0.1) is 0 Å². The minimum absolute atomic E-state index is 0.0311. The predicted molar refractivity (Wildman–Crippen MR) is 112 cm³/mol. The predicted octanol–water partition coefficient (Wildman–Crippen LogP) is 3.05. The van der Waals surface area contributed by atoms with Crippen LogP contribution in [0.5, 0.6) is 0 Å². The van der Waals surface area contributed by atoms with Gasteiger partial charge in [-0.25, -0.2) is 0 Å². The number of piperidine rings is 1. The molecular weight excluding hydrogens is 364 g/mol. The largest absolute Gasteiger partial charge is 0.338 e. The molecule has 29 heavy (non-hydrogen) atoms. The van der Waals surface area contributed by atoms with Crippen LogP contribution in [0.15, 0.2) is 48.8 Å². The van der Waals surface area contributed by atoms with Crippen LogP contribution in [-0.2, 0) is 22.7 Å². The molecule has 3 heterocycles. The minimum Gasteiger partial charge on any atom is -0.338 e. The van der Waals surface area contributed by atoms with E-state index >= 15 is 0 Å². The minimum atomic E-state index is -0.313. The molecule has 2 aliphatic rings. The van der Waals surface area contributed by atoms with Crippen molar-refractivity contribution in [2.75, 3.05) is 25.0 Å². The van der Waals surface area contributed by atoms with E-state index in [1.54, 1.807) is 17.3 Å². The third kappa shape index (κ3) is 5.01. The van der Waals surface area contributed by atoms with Crippen LogP contribution in [-0.4, -0.2) is 46.2 Å². The third-order valence-electron chi connectivity index (χ3n) is 5.83. The second-order valence-corrected chi connectivity index (χ2v) is 8.01. The van der Waals surface area contributed by atoms with Crippen molar-refractivity contribution < 1.29 is 9.59 Å². The molecule has 2 amide bonds. The first-order valence-corrected chi connectivity index (χ1v) is 10.5. The standard InChI is InChI=1S/C23H28N4O2/c28-22-14-20(17-27(22)15-18-8-10-24-11-9-18)23(29)25-21-7-3-2-6-19(21)16-26-12-4-1-5-13-26/h2-3,6-11,20H,1,4-5,12-17H2,(H,25,29). The molecule has 0 saturated carbocycles. The van der Waals surface area contributed by atoms with Crippen LogP contribution >= 0.6 is 0 Å². The molecule has 4 rings (SSSR count). The number of rotatable bonds is 6. The maximum Gasteiger partial charge on any atom is 0.229 e. The van der Waals surface area contributed by atoms with Crippen molar-refractivity contribution in [3.63, 3.8) is 0 Å². The molecule has 0 bridgehead atoms. The highest BCUT2D eigenvalue weighted by atomic mass is 16.2. The van der Waals surface area contributed by atoms with E-state index in [0.29, 0.717) is 13.1 Å². The molecule has 1 aromatic carbocycles. The molecule has 0 radical (unpaired) electrons. The van der Waals surface area contributed by atoms with Crippen molar-refractivity contribution in [2.24, 2.45) is 5.92 Å². The molecule has 0 spiro atoms. The van der Waals surface area contributed by atoms with Crippen LogP contribution in [0, 0.1) is 5.92 Å². The zero-order chi connectivity index (χ0) is 20.1. The Kier molecular flexibility index (Phi) is 6.20. The molecule has 1 N–H and O–H groups in total. The zero-order valence-electron chi connectivity index (χ0n) is 16.7. The van der Waals surface area contributed by atoms with Gasteiger partial charge in [0.1, 0.15) is 0 Å². The number of amides is 2. The summed E-state index contributed by atoms with van der Waals surface area (Å²) in [6.45, 7) is 4.07. The highest BCUT2D eigenvalue weighted by Crippen LogP contribution is 2.24. The fraction of sp³-hybridized carbons (Fsp3) is 0.435. The molecule has 1 aromatic heterocycles. The zero-order valence-corrected chi connectivity index (χ0v) is 16.7. The van der Waals surface area contributed by atoms with E-state index in [9.17, 15) is 9.59 Å². The van der Waals surface area contributed by atoms with Gasteiger partial charge in [0.15, 0.2) is 0 Å². The van der Waals surface area contributed by atoms with Crippen LogP contribution in [0.3, 0.4) is 0 Å². The summed E-state index contributed by atoms with van der Waals surface area (Å²) >= 11 is 0. The summed E-state index contributed by atoms with van der Waals surface area (Å²) in [6.07, 6.45) is 7.50. The Morgan fingerprint density at radius 3 is 2.59 bits per heavy atom. The first kappa shape index (κ1) is 19.6. The van der Waals surface area contributed by atoms with Crippen LogP contribution in [0.25, 0.3) is 0 Å². The van der Waals surface area contributed by atoms with Gasteiger partial charge in [-0.3, -0.25) is 19.5 Å². The highest BCUT2D eigenvalue weighted by Gasteiger charge is 2.34. The summed E-state index contributed by atoms with van der Waals surface area (Å²) in [5.74, 6) is -0.349. The van der Waals surface area contributed by atoms with Gasteiger partial charge in [0.05, 0.1) is 5.92 Å². The smallest absolute Gasteiger partial charge is 0.229 e. The first-order chi connectivity index (χ1) is 14.2. The summed E-state index contributed by atoms with van der Waals surface area (Å²) in [7, 11) is 0. The third-order valence-corrected chi connectivity index (χ3v) is 5.83. The Bertz CT molecular complexity index is 849. The van der Waals surface area contributed by atoms with Crippen molar-refractivity contribution in [1.29, 1.82) is 0 Å². The van der Waals surface area contributed by atoms with E-state index < -0.39 is 0 Å². The number of anilines is 1. The number of carbonyl (C=O) groups is 2. The molecule has 2 saturated heterocycles. The molecule has 1 atom stereocenters. The summed E-state index contributed by atoms with van der Waals surface area (Å²) in [5.41, 5.74) is 3.03. The molecular formula is C23H28N4O2. The Hall–Kier alpha value is -2.73. The van der Waals surface area contributed by atoms with Gasteiger partial charge in [-0.05, 0) is 55.3 Å². The molecule has 152 valence electrons. The van der Waals surface area contributed by atoms with Gasteiger partial charge in [-0.1, -0.05) is 24.6 Å². The van der Waals surface area contributed by atoms with Gasteiger partial charge in [0.2, 0.25) is 11.8 Å². The average molecular weight is 393 g/mol. The number of pyridine rings is 1. The lowest BCUT2D eigenvalue weighted by Gasteiger charge is -2.27. The summed E-state index contributed by atoms with van der Waals surface area (Å²) < 4.78 is 0.